The van der Waals surface area contributed by atoms with E-state index in [-0.39, 0.29) is 16.5 Å². The van der Waals surface area contributed by atoms with Crippen LogP contribution in [-0.2, 0) is 11.2 Å². The Labute approximate surface area is 107 Å². The van der Waals surface area contributed by atoms with Crippen molar-refractivity contribution in [1.82, 2.24) is 0 Å². The molecule has 0 spiro atoms. The molecule has 2 aromatic rings. The van der Waals surface area contributed by atoms with Crippen molar-refractivity contribution in [3.05, 3.63) is 47.5 Å². The van der Waals surface area contributed by atoms with Gasteiger partial charge in [0.25, 0.3) is 0 Å². The van der Waals surface area contributed by atoms with Crippen molar-refractivity contribution in [1.29, 1.82) is 0 Å². The summed E-state index contributed by atoms with van der Waals surface area (Å²) in [5, 5.41) is 9.50. The van der Waals surface area contributed by atoms with Crippen molar-refractivity contribution in [3.8, 4) is 5.75 Å². The highest BCUT2D eigenvalue weighted by Crippen LogP contribution is 2.36. The summed E-state index contributed by atoms with van der Waals surface area (Å²) in [6.07, 6.45) is 0. The molecular formula is C12H10ClNO2S. The Morgan fingerprint density at radius 3 is 2.41 bits per heavy atom. The lowest BCUT2D eigenvalue weighted by Crippen LogP contribution is -2.04. The maximum atomic E-state index is 12.2. The second-order valence-electron chi connectivity index (χ2n) is 3.39. The molecule has 0 aliphatic rings. The smallest absolute Gasteiger partial charge is 0.179 e. The van der Waals surface area contributed by atoms with Crippen molar-refractivity contribution in [2.45, 2.75) is 9.79 Å². The van der Waals surface area contributed by atoms with E-state index in [1.807, 2.05) is 6.07 Å². The van der Waals surface area contributed by atoms with E-state index in [1.165, 1.54) is 12.1 Å². The van der Waals surface area contributed by atoms with Crippen molar-refractivity contribution in [3.63, 3.8) is 0 Å². The van der Waals surface area contributed by atoms with Crippen LogP contribution in [0.4, 0.5) is 5.69 Å². The van der Waals surface area contributed by atoms with Crippen LogP contribution in [0.15, 0.2) is 52.3 Å². The lowest BCUT2D eigenvalue weighted by Gasteiger charge is -2.12. The summed E-state index contributed by atoms with van der Waals surface area (Å²) < 4.78 is 12.2. The van der Waals surface area contributed by atoms with Gasteiger partial charge in [-0.2, -0.15) is 0 Å². The summed E-state index contributed by atoms with van der Waals surface area (Å²) in [6.45, 7) is 0. The van der Waals surface area contributed by atoms with Crippen LogP contribution >= 0.6 is 11.6 Å². The molecule has 1 atom stereocenters. The maximum Gasteiger partial charge on any atom is 0.179 e. The normalized spacial score (nSPS) is 12.4. The number of anilines is 1. The molecule has 17 heavy (non-hydrogen) atoms. The first-order valence-electron chi connectivity index (χ1n) is 4.85. The van der Waals surface area contributed by atoms with E-state index in [4.69, 9.17) is 17.3 Å². The highest BCUT2D eigenvalue weighted by atomic mass is 35.5. The maximum absolute atomic E-state index is 12.2. The summed E-state index contributed by atoms with van der Waals surface area (Å²) >= 11 is 4.57. The van der Waals surface area contributed by atoms with Gasteiger partial charge < -0.3 is 15.4 Å². The number of rotatable bonds is 2. The summed E-state index contributed by atoms with van der Waals surface area (Å²) in [7, 11) is 0. The third kappa shape index (κ3) is 2.34. The topological polar surface area (TPSA) is 69.3 Å². The number of benzene rings is 2. The number of phenolic OH excluding ortho intramolecular Hbond substituents is 1. The SMILES string of the molecule is Nc1c(O)ccc([S+]([O-])c2ccccc2)c1Cl. The molecule has 0 aromatic heterocycles. The first-order chi connectivity index (χ1) is 8.11. The van der Waals surface area contributed by atoms with Gasteiger partial charge >= 0.3 is 0 Å². The first-order valence-corrected chi connectivity index (χ1v) is 6.38. The zero-order valence-electron chi connectivity index (χ0n) is 8.76. The Bertz CT molecular complexity index is 534. The largest absolute Gasteiger partial charge is 0.606 e. The van der Waals surface area contributed by atoms with Crippen LogP contribution in [0.3, 0.4) is 0 Å². The molecule has 0 aliphatic carbocycles. The molecule has 1 unspecified atom stereocenters. The molecule has 2 rings (SSSR count). The zero-order chi connectivity index (χ0) is 12.4. The quantitative estimate of drug-likeness (QED) is 0.499. The molecular weight excluding hydrogens is 258 g/mol. The van der Waals surface area contributed by atoms with Crippen LogP contribution in [0.5, 0.6) is 5.75 Å². The van der Waals surface area contributed by atoms with E-state index in [0.717, 1.165) is 0 Å². The minimum atomic E-state index is -1.40. The number of hydrogen-bond donors (Lipinski definition) is 2. The van der Waals surface area contributed by atoms with Gasteiger partial charge in [-0.1, -0.05) is 29.8 Å². The average Bonchev–Trinajstić information content (AvgIpc) is 2.36. The van der Waals surface area contributed by atoms with Crippen molar-refractivity contribution < 1.29 is 9.66 Å². The summed E-state index contributed by atoms with van der Waals surface area (Å²) in [6, 6.07) is 11.8. The minimum Gasteiger partial charge on any atom is -0.606 e. The third-order valence-corrected chi connectivity index (χ3v) is 4.24. The monoisotopic (exact) mass is 267 g/mol. The van der Waals surface area contributed by atoms with Crippen LogP contribution in [0, 0.1) is 0 Å². The van der Waals surface area contributed by atoms with Gasteiger partial charge in [-0.15, -0.1) is 0 Å². The van der Waals surface area contributed by atoms with Gasteiger partial charge in [-0.05, 0) is 24.3 Å². The van der Waals surface area contributed by atoms with E-state index in [1.54, 1.807) is 24.3 Å². The van der Waals surface area contributed by atoms with Crippen LogP contribution in [0.2, 0.25) is 5.02 Å². The fourth-order valence-electron chi connectivity index (χ4n) is 1.38. The lowest BCUT2D eigenvalue weighted by molar-refractivity contribution is 0.477. The number of halogens is 1. The number of nitrogens with two attached hydrogens (primary N) is 1. The Morgan fingerprint density at radius 2 is 1.76 bits per heavy atom. The Morgan fingerprint density at radius 1 is 1.12 bits per heavy atom. The molecule has 0 fully saturated rings. The predicted octanol–water partition coefficient (Wildman–Crippen LogP) is 2.79. The molecule has 0 saturated carbocycles. The van der Waals surface area contributed by atoms with Crippen molar-refractivity contribution in [2.75, 3.05) is 5.73 Å². The Kier molecular flexibility index (Phi) is 3.47. The Hall–Kier alpha value is -1.36. The highest BCUT2D eigenvalue weighted by Gasteiger charge is 2.21. The van der Waals surface area contributed by atoms with E-state index in [9.17, 15) is 9.66 Å². The van der Waals surface area contributed by atoms with Gasteiger partial charge in [0.05, 0.1) is 5.69 Å². The zero-order valence-corrected chi connectivity index (χ0v) is 10.3. The van der Waals surface area contributed by atoms with Crippen LogP contribution in [-0.4, -0.2) is 9.66 Å². The van der Waals surface area contributed by atoms with E-state index >= 15 is 0 Å². The van der Waals surface area contributed by atoms with Gasteiger partial charge in [-0.3, -0.25) is 0 Å². The second-order valence-corrected chi connectivity index (χ2v) is 5.22. The van der Waals surface area contributed by atoms with Gasteiger partial charge in [-0.25, -0.2) is 0 Å². The van der Waals surface area contributed by atoms with E-state index in [0.29, 0.717) is 9.79 Å². The standard InChI is InChI=1S/C12H10ClNO2S/c13-11-10(7-6-9(15)12(11)14)17(16)8-4-2-1-3-5-8/h1-7,15H,14H2. The fraction of sp³-hybridized carbons (Fsp3) is 0. The molecule has 0 amide bonds. The van der Waals surface area contributed by atoms with Crippen LogP contribution < -0.4 is 5.73 Å². The molecule has 5 heteroatoms. The summed E-state index contributed by atoms with van der Waals surface area (Å²) in [4.78, 5) is 1.03. The summed E-state index contributed by atoms with van der Waals surface area (Å²) in [5.74, 6) is -0.108. The average molecular weight is 268 g/mol. The van der Waals surface area contributed by atoms with Crippen LogP contribution in [0.1, 0.15) is 0 Å². The lowest BCUT2D eigenvalue weighted by atomic mass is 10.3. The van der Waals surface area contributed by atoms with Gasteiger partial charge in [0, 0.05) is 11.2 Å². The van der Waals surface area contributed by atoms with Crippen molar-refractivity contribution in [2.24, 2.45) is 0 Å². The molecule has 0 aliphatic heterocycles. The molecule has 88 valence electrons. The molecule has 0 bridgehead atoms. The predicted molar refractivity (Wildman–Crippen MR) is 68.6 cm³/mol. The molecule has 3 nitrogen and oxygen atoms in total. The number of phenols is 1. The second kappa shape index (κ2) is 4.87. The summed E-state index contributed by atoms with van der Waals surface area (Å²) in [5.41, 5.74) is 5.63. The molecule has 0 heterocycles. The first kappa shape index (κ1) is 12.1. The number of nitrogen functional groups attached to an aromatic ring is 1. The molecule has 0 radical (unpaired) electrons. The van der Waals surface area contributed by atoms with Gasteiger partial charge in [0.1, 0.15) is 10.8 Å². The Balaban J connectivity index is 2.45. The van der Waals surface area contributed by atoms with Crippen LogP contribution in [0.25, 0.3) is 0 Å². The van der Waals surface area contributed by atoms with Gasteiger partial charge in [0.2, 0.25) is 0 Å². The molecule has 2 aromatic carbocycles. The van der Waals surface area contributed by atoms with E-state index in [2.05, 4.69) is 0 Å². The number of hydrogen-bond acceptors (Lipinski definition) is 3. The van der Waals surface area contributed by atoms with E-state index < -0.39 is 11.2 Å². The minimum absolute atomic E-state index is 0.0495. The third-order valence-electron chi connectivity index (χ3n) is 2.28. The van der Waals surface area contributed by atoms with Crippen molar-refractivity contribution >= 4 is 28.5 Å². The number of aromatic hydroxyl groups is 1. The molecule has 3 N–H and O–H groups in total. The van der Waals surface area contributed by atoms with Gasteiger partial charge in [0.15, 0.2) is 9.79 Å². The molecule has 0 saturated heterocycles. The fourth-order valence-corrected chi connectivity index (χ4v) is 2.87. The highest BCUT2D eigenvalue weighted by molar-refractivity contribution is 7.91.